The molecule has 0 amide bonds. The van der Waals surface area contributed by atoms with E-state index >= 15 is 0 Å². The third kappa shape index (κ3) is 3.08. The lowest BCUT2D eigenvalue weighted by Crippen LogP contribution is -2.06. The molecule has 0 aliphatic carbocycles. The normalized spacial score (nSPS) is 11.2. The highest BCUT2D eigenvalue weighted by atomic mass is 32.1. The molecule has 0 atom stereocenters. The highest BCUT2D eigenvalue weighted by molar-refractivity contribution is 7.14. The van der Waals surface area contributed by atoms with Gasteiger partial charge in [0.05, 0.1) is 18.2 Å². The van der Waals surface area contributed by atoms with Crippen molar-refractivity contribution in [3.63, 3.8) is 0 Å². The molecule has 2 rings (SSSR count). The first-order chi connectivity index (χ1) is 9.41. The lowest BCUT2D eigenvalue weighted by Gasteiger charge is -2.10. The molecule has 4 nitrogen and oxygen atoms in total. The minimum atomic E-state index is -4.42. The summed E-state index contributed by atoms with van der Waals surface area (Å²) in [6.07, 6.45) is -4.42. The summed E-state index contributed by atoms with van der Waals surface area (Å²) in [6, 6.07) is 4.68. The Morgan fingerprint density at radius 3 is 2.80 bits per heavy atom. The Balaban J connectivity index is 2.27. The van der Waals surface area contributed by atoms with Gasteiger partial charge >= 0.3 is 12.1 Å². The molecule has 0 aliphatic rings. The first-order valence-electron chi connectivity index (χ1n) is 5.38. The Hall–Kier alpha value is -2.09. The van der Waals surface area contributed by atoms with Gasteiger partial charge in [-0.25, -0.2) is 9.78 Å². The second kappa shape index (κ2) is 5.49. The van der Waals surface area contributed by atoms with Gasteiger partial charge < -0.3 is 10.1 Å². The van der Waals surface area contributed by atoms with Crippen LogP contribution in [0.5, 0.6) is 0 Å². The molecule has 2 aromatic rings. The Bertz CT molecular complexity index is 625. The second-order valence-corrected chi connectivity index (χ2v) is 4.58. The fourth-order valence-electron chi connectivity index (χ4n) is 1.48. The van der Waals surface area contributed by atoms with Gasteiger partial charge in [0.1, 0.15) is 5.00 Å². The number of anilines is 2. The van der Waals surface area contributed by atoms with Crippen molar-refractivity contribution >= 4 is 28.0 Å². The molecule has 1 heterocycles. The van der Waals surface area contributed by atoms with Gasteiger partial charge in [0.25, 0.3) is 0 Å². The maximum atomic E-state index is 12.6. The quantitative estimate of drug-likeness (QED) is 0.879. The molecular formula is C12H9F3N2O2S. The summed E-state index contributed by atoms with van der Waals surface area (Å²) in [5, 5.41) is 3.07. The van der Waals surface area contributed by atoms with Gasteiger partial charge in [-0.1, -0.05) is 6.07 Å². The van der Waals surface area contributed by atoms with Crippen molar-refractivity contribution in [1.82, 2.24) is 4.98 Å². The minimum absolute atomic E-state index is 0.0370. The van der Waals surface area contributed by atoms with E-state index in [1.807, 2.05) is 0 Å². The first-order valence-corrected chi connectivity index (χ1v) is 6.26. The van der Waals surface area contributed by atoms with Gasteiger partial charge in [-0.3, -0.25) is 0 Å². The van der Waals surface area contributed by atoms with E-state index < -0.39 is 17.7 Å². The lowest BCUT2D eigenvalue weighted by atomic mass is 10.2. The Morgan fingerprint density at radius 1 is 1.40 bits per heavy atom. The highest BCUT2D eigenvalue weighted by Gasteiger charge is 2.30. The zero-order valence-electron chi connectivity index (χ0n) is 10.2. The molecule has 0 radical (unpaired) electrons. The predicted molar refractivity (Wildman–Crippen MR) is 68.2 cm³/mol. The molecule has 0 aliphatic heterocycles. The van der Waals surface area contributed by atoms with Crippen LogP contribution in [-0.2, 0) is 10.9 Å². The number of rotatable bonds is 3. The number of hydrogen-bond acceptors (Lipinski definition) is 5. The van der Waals surface area contributed by atoms with Crippen molar-refractivity contribution in [3.05, 3.63) is 41.0 Å². The predicted octanol–water partition coefficient (Wildman–Crippen LogP) is 3.69. The number of nitrogens with one attached hydrogen (secondary N) is 1. The van der Waals surface area contributed by atoms with E-state index in [1.165, 1.54) is 24.8 Å². The number of hydrogen-bond donors (Lipinski definition) is 1. The summed E-state index contributed by atoms with van der Waals surface area (Å²) in [5.41, 5.74) is 0.887. The monoisotopic (exact) mass is 302 g/mol. The van der Waals surface area contributed by atoms with E-state index in [1.54, 1.807) is 0 Å². The van der Waals surface area contributed by atoms with Crippen LogP contribution in [0.3, 0.4) is 0 Å². The highest BCUT2D eigenvalue weighted by Crippen LogP contribution is 2.32. The number of halogens is 3. The summed E-state index contributed by atoms with van der Waals surface area (Å²) < 4.78 is 42.3. The Labute approximate surface area is 116 Å². The standard InChI is InChI=1S/C12H9F3N2O2S/c1-19-11(18)9-10(20-6-16-9)17-8-4-2-3-7(5-8)12(13,14)15/h2-6,17H,1H3. The minimum Gasteiger partial charge on any atom is -0.464 e. The maximum Gasteiger partial charge on any atom is 0.416 e. The molecule has 20 heavy (non-hydrogen) atoms. The van der Waals surface area contributed by atoms with E-state index in [0.29, 0.717) is 5.00 Å². The van der Waals surface area contributed by atoms with E-state index in [-0.39, 0.29) is 11.4 Å². The summed E-state index contributed by atoms with van der Waals surface area (Å²) in [5.74, 6) is -0.652. The first kappa shape index (κ1) is 14.3. The van der Waals surface area contributed by atoms with Gasteiger partial charge in [0.2, 0.25) is 0 Å². The largest absolute Gasteiger partial charge is 0.464 e. The third-order valence-electron chi connectivity index (χ3n) is 2.39. The zero-order valence-corrected chi connectivity index (χ0v) is 11.0. The van der Waals surface area contributed by atoms with Crippen molar-refractivity contribution in [1.29, 1.82) is 0 Å². The number of esters is 1. The topological polar surface area (TPSA) is 51.2 Å². The van der Waals surface area contributed by atoms with Crippen LogP contribution in [0.2, 0.25) is 0 Å². The molecular weight excluding hydrogens is 293 g/mol. The summed E-state index contributed by atoms with van der Waals surface area (Å²) in [6.45, 7) is 0. The third-order valence-corrected chi connectivity index (χ3v) is 3.14. The second-order valence-electron chi connectivity index (χ2n) is 3.73. The van der Waals surface area contributed by atoms with Crippen molar-refractivity contribution < 1.29 is 22.7 Å². The number of methoxy groups -OCH3 is 1. The van der Waals surface area contributed by atoms with Gasteiger partial charge in [-0.2, -0.15) is 13.2 Å². The molecule has 0 fully saturated rings. The van der Waals surface area contributed by atoms with Crippen LogP contribution in [0, 0.1) is 0 Å². The molecule has 0 spiro atoms. The number of benzene rings is 1. The van der Waals surface area contributed by atoms with E-state index in [2.05, 4.69) is 15.0 Å². The number of ether oxygens (including phenoxy) is 1. The van der Waals surface area contributed by atoms with Gasteiger partial charge in [0.15, 0.2) is 5.69 Å². The van der Waals surface area contributed by atoms with Crippen molar-refractivity contribution in [2.45, 2.75) is 6.18 Å². The number of alkyl halides is 3. The van der Waals surface area contributed by atoms with Crippen molar-refractivity contribution in [3.8, 4) is 0 Å². The summed E-state index contributed by atoms with van der Waals surface area (Å²) in [4.78, 5) is 15.2. The number of carbonyl (C=O) groups excluding carboxylic acids is 1. The van der Waals surface area contributed by atoms with E-state index in [9.17, 15) is 18.0 Å². The van der Waals surface area contributed by atoms with Gasteiger partial charge in [-0.15, -0.1) is 11.3 Å². The number of thiazole rings is 1. The fraction of sp³-hybridized carbons (Fsp3) is 0.167. The maximum absolute atomic E-state index is 12.6. The van der Waals surface area contributed by atoms with Gasteiger partial charge in [-0.05, 0) is 18.2 Å². The van der Waals surface area contributed by atoms with E-state index in [4.69, 9.17) is 0 Å². The number of carbonyl (C=O) groups is 1. The number of nitrogens with zero attached hydrogens (tertiary/aromatic N) is 1. The molecule has 0 unspecified atom stereocenters. The molecule has 8 heteroatoms. The van der Waals surface area contributed by atoms with E-state index in [0.717, 1.165) is 23.5 Å². The van der Waals surface area contributed by atoms with Crippen LogP contribution in [-0.4, -0.2) is 18.1 Å². The van der Waals surface area contributed by atoms with Crippen LogP contribution in [0.25, 0.3) is 0 Å². The molecule has 1 N–H and O–H groups in total. The smallest absolute Gasteiger partial charge is 0.416 e. The molecule has 1 aromatic heterocycles. The Kier molecular flexibility index (Phi) is 3.93. The Morgan fingerprint density at radius 2 is 2.15 bits per heavy atom. The fourth-order valence-corrected chi connectivity index (χ4v) is 2.17. The summed E-state index contributed by atoms with van der Waals surface area (Å²) in [7, 11) is 1.20. The summed E-state index contributed by atoms with van der Waals surface area (Å²) >= 11 is 1.10. The van der Waals surface area contributed by atoms with Crippen LogP contribution in [0.1, 0.15) is 16.1 Å². The van der Waals surface area contributed by atoms with Gasteiger partial charge in [0, 0.05) is 5.69 Å². The average molecular weight is 302 g/mol. The average Bonchev–Trinajstić information content (AvgIpc) is 2.85. The molecule has 0 saturated heterocycles. The molecule has 1 aromatic carbocycles. The lowest BCUT2D eigenvalue weighted by molar-refractivity contribution is -0.137. The zero-order chi connectivity index (χ0) is 14.8. The van der Waals surface area contributed by atoms with Crippen LogP contribution >= 0.6 is 11.3 Å². The number of aromatic nitrogens is 1. The van der Waals surface area contributed by atoms with Crippen LogP contribution < -0.4 is 5.32 Å². The molecule has 0 bridgehead atoms. The SMILES string of the molecule is COC(=O)c1ncsc1Nc1cccc(C(F)(F)F)c1. The van der Waals surface area contributed by atoms with Crippen LogP contribution in [0.15, 0.2) is 29.8 Å². The van der Waals surface area contributed by atoms with Crippen LogP contribution in [0.4, 0.5) is 23.9 Å². The van der Waals surface area contributed by atoms with Crippen molar-refractivity contribution in [2.75, 3.05) is 12.4 Å². The molecule has 0 saturated carbocycles. The van der Waals surface area contributed by atoms with Crippen molar-refractivity contribution in [2.24, 2.45) is 0 Å². The molecule has 106 valence electrons.